The number of halogens is 2. The third-order valence-corrected chi connectivity index (χ3v) is 8.28. The number of nitrogens with zero attached hydrogens (tertiary/aromatic N) is 4. The summed E-state index contributed by atoms with van der Waals surface area (Å²) < 4.78 is 0. The Hall–Kier alpha value is -2.15. The molecule has 1 aromatic heterocycles. The van der Waals surface area contributed by atoms with Gasteiger partial charge < -0.3 is 9.80 Å². The Bertz CT molecular complexity index is 1030. The molecule has 2 amide bonds. The maximum absolute atomic E-state index is 12.9. The molecule has 6 nitrogen and oxygen atoms in total. The van der Waals surface area contributed by atoms with Gasteiger partial charge in [-0.15, -0.1) is 0 Å². The number of rotatable bonds is 6. The molecule has 0 spiro atoms. The molecule has 1 aromatic carbocycles. The lowest BCUT2D eigenvalue weighted by atomic mass is 9.71. The monoisotopic (exact) mass is 518 g/mol. The van der Waals surface area contributed by atoms with Crippen LogP contribution in [0.25, 0.3) is 0 Å². The van der Waals surface area contributed by atoms with Gasteiger partial charge in [-0.2, -0.15) is 0 Å². The number of aromatic nitrogens is 1. The molecular weight excluding hydrogens is 483 g/mol. The van der Waals surface area contributed by atoms with E-state index in [-0.39, 0.29) is 24.7 Å². The molecule has 0 aliphatic carbocycles. The highest BCUT2D eigenvalue weighted by Crippen LogP contribution is 2.41. The predicted molar refractivity (Wildman–Crippen MR) is 143 cm³/mol. The SMILES string of the molecule is C.CC(=O)N(C)C1CCN(CC[C@]2(c3ccc(Cl)c(Cl)c3)CCC(=O)N(c3ccccn3)C2)CC1. The van der Waals surface area contributed by atoms with E-state index >= 15 is 0 Å². The van der Waals surface area contributed by atoms with Gasteiger partial charge in [0.25, 0.3) is 0 Å². The van der Waals surface area contributed by atoms with Crippen LogP contribution in [0.4, 0.5) is 5.82 Å². The fourth-order valence-corrected chi connectivity index (χ4v) is 5.54. The largest absolute Gasteiger partial charge is 0.343 e. The molecule has 2 aliphatic rings. The number of pyridine rings is 1. The van der Waals surface area contributed by atoms with Crippen LogP contribution in [0.5, 0.6) is 0 Å². The number of hydrogen-bond acceptors (Lipinski definition) is 4. The topological polar surface area (TPSA) is 56.8 Å². The standard InChI is InChI=1S/C26H32Cl2N4O2.CH4/c1-19(33)30(2)21-9-14-31(15-10-21)16-12-26(20-6-7-22(27)23(28)17-20)11-8-25(34)32(18-26)24-5-3-4-13-29-24;/h3-7,13,17,21H,8-12,14-16,18H2,1-2H3;1H4/t26-;/m1./s1. The first kappa shape index (κ1) is 27.4. The number of carbonyl (C=O) groups is 2. The van der Waals surface area contributed by atoms with Gasteiger partial charge in [0.2, 0.25) is 11.8 Å². The molecule has 0 bridgehead atoms. The molecule has 2 aliphatic heterocycles. The second kappa shape index (κ2) is 11.7. The van der Waals surface area contributed by atoms with E-state index in [4.69, 9.17) is 23.2 Å². The molecular formula is C27H36Cl2N4O2. The third-order valence-electron chi connectivity index (χ3n) is 7.55. The number of amides is 2. The summed E-state index contributed by atoms with van der Waals surface area (Å²) in [6, 6.07) is 11.8. The van der Waals surface area contributed by atoms with Crippen LogP contribution in [0.1, 0.15) is 52.0 Å². The summed E-state index contributed by atoms with van der Waals surface area (Å²) >= 11 is 12.7. The Kier molecular flexibility index (Phi) is 9.19. The predicted octanol–water partition coefficient (Wildman–Crippen LogP) is 5.42. The van der Waals surface area contributed by atoms with Crippen LogP contribution in [-0.4, -0.2) is 65.9 Å². The second-order valence-corrected chi connectivity index (χ2v) is 10.3. The summed E-state index contributed by atoms with van der Waals surface area (Å²) in [5, 5.41) is 1.07. The molecule has 0 N–H and O–H groups in total. The summed E-state index contributed by atoms with van der Waals surface area (Å²) in [5.41, 5.74) is 0.869. The van der Waals surface area contributed by atoms with Crippen LogP contribution in [0.2, 0.25) is 10.0 Å². The zero-order valence-corrected chi connectivity index (χ0v) is 21.4. The van der Waals surface area contributed by atoms with E-state index in [0.29, 0.717) is 34.9 Å². The first-order valence-corrected chi connectivity index (χ1v) is 12.7. The zero-order chi connectivity index (χ0) is 24.3. The normalized spacial score (nSPS) is 21.5. The minimum atomic E-state index is -0.243. The molecule has 2 saturated heterocycles. The van der Waals surface area contributed by atoms with Crippen LogP contribution in [0.3, 0.4) is 0 Å². The Balaban J connectivity index is 0.00000342. The molecule has 2 aromatic rings. The smallest absolute Gasteiger partial charge is 0.228 e. The van der Waals surface area contributed by atoms with Gasteiger partial charge in [-0.05, 0) is 62.1 Å². The van der Waals surface area contributed by atoms with Crippen molar-refractivity contribution >= 4 is 40.8 Å². The minimum absolute atomic E-state index is 0. The maximum atomic E-state index is 12.9. The molecule has 35 heavy (non-hydrogen) atoms. The first-order valence-electron chi connectivity index (χ1n) is 11.9. The highest BCUT2D eigenvalue weighted by atomic mass is 35.5. The van der Waals surface area contributed by atoms with Crippen LogP contribution in [0, 0.1) is 0 Å². The van der Waals surface area contributed by atoms with Crippen molar-refractivity contribution in [1.82, 2.24) is 14.8 Å². The zero-order valence-electron chi connectivity index (χ0n) is 19.8. The van der Waals surface area contributed by atoms with E-state index in [9.17, 15) is 9.59 Å². The molecule has 0 radical (unpaired) electrons. The van der Waals surface area contributed by atoms with E-state index in [1.807, 2.05) is 47.2 Å². The molecule has 3 heterocycles. The minimum Gasteiger partial charge on any atom is -0.343 e. The van der Waals surface area contributed by atoms with Gasteiger partial charge in [0.15, 0.2) is 0 Å². The summed E-state index contributed by atoms with van der Waals surface area (Å²) in [6.45, 7) is 5.03. The van der Waals surface area contributed by atoms with E-state index in [2.05, 4.69) is 16.0 Å². The molecule has 4 rings (SSSR count). The second-order valence-electron chi connectivity index (χ2n) is 9.53. The van der Waals surface area contributed by atoms with Crippen LogP contribution < -0.4 is 4.90 Å². The lowest BCUT2D eigenvalue weighted by Crippen LogP contribution is -2.51. The average Bonchev–Trinajstić information content (AvgIpc) is 2.86. The molecule has 190 valence electrons. The van der Waals surface area contributed by atoms with Crippen LogP contribution >= 0.6 is 23.2 Å². The van der Waals surface area contributed by atoms with Crippen molar-refractivity contribution in [2.24, 2.45) is 0 Å². The van der Waals surface area contributed by atoms with Crippen molar-refractivity contribution in [2.45, 2.75) is 57.9 Å². The fraction of sp³-hybridized carbons (Fsp3) is 0.519. The van der Waals surface area contributed by atoms with Gasteiger partial charge in [-0.25, -0.2) is 4.98 Å². The summed E-state index contributed by atoms with van der Waals surface area (Å²) in [7, 11) is 1.90. The van der Waals surface area contributed by atoms with E-state index < -0.39 is 0 Å². The molecule has 0 unspecified atom stereocenters. The molecule has 2 fully saturated rings. The quantitative estimate of drug-likeness (QED) is 0.512. The van der Waals surface area contributed by atoms with Crippen molar-refractivity contribution in [1.29, 1.82) is 0 Å². The van der Waals surface area contributed by atoms with Gasteiger partial charge in [-0.1, -0.05) is 42.8 Å². The number of anilines is 1. The van der Waals surface area contributed by atoms with Crippen molar-refractivity contribution < 1.29 is 9.59 Å². The number of carbonyl (C=O) groups excluding carboxylic acids is 2. The van der Waals surface area contributed by atoms with E-state index in [1.54, 1.807) is 13.1 Å². The van der Waals surface area contributed by atoms with Crippen LogP contribution in [0.15, 0.2) is 42.6 Å². The van der Waals surface area contributed by atoms with Crippen molar-refractivity contribution in [3.63, 3.8) is 0 Å². The van der Waals surface area contributed by atoms with E-state index in [1.165, 1.54) is 0 Å². The summed E-state index contributed by atoms with van der Waals surface area (Å²) in [5.74, 6) is 0.908. The van der Waals surface area contributed by atoms with Gasteiger partial charge in [0.05, 0.1) is 10.0 Å². The lowest BCUT2D eigenvalue weighted by molar-refractivity contribution is -0.130. The van der Waals surface area contributed by atoms with Gasteiger partial charge >= 0.3 is 0 Å². The van der Waals surface area contributed by atoms with Crippen molar-refractivity contribution in [3.05, 3.63) is 58.2 Å². The lowest BCUT2D eigenvalue weighted by Gasteiger charge is -2.44. The highest BCUT2D eigenvalue weighted by molar-refractivity contribution is 6.42. The maximum Gasteiger partial charge on any atom is 0.228 e. The highest BCUT2D eigenvalue weighted by Gasteiger charge is 2.41. The van der Waals surface area contributed by atoms with Crippen molar-refractivity contribution in [3.8, 4) is 0 Å². The Morgan fingerprint density at radius 1 is 1.17 bits per heavy atom. The molecule has 8 heteroatoms. The van der Waals surface area contributed by atoms with Crippen LogP contribution in [-0.2, 0) is 15.0 Å². The fourth-order valence-electron chi connectivity index (χ4n) is 5.24. The third kappa shape index (κ3) is 6.16. The van der Waals surface area contributed by atoms with Gasteiger partial charge in [0.1, 0.15) is 5.82 Å². The average molecular weight is 520 g/mol. The Morgan fingerprint density at radius 2 is 1.91 bits per heavy atom. The van der Waals surface area contributed by atoms with Gasteiger partial charge in [-0.3, -0.25) is 14.5 Å². The molecule has 1 atom stereocenters. The number of piperidine rings is 2. The van der Waals surface area contributed by atoms with Gasteiger partial charge in [0, 0.05) is 57.7 Å². The van der Waals surface area contributed by atoms with Crippen molar-refractivity contribution in [2.75, 3.05) is 38.1 Å². The van der Waals surface area contributed by atoms with E-state index in [0.717, 1.165) is 50.9 Å². The summed E-state index contributed by atoms with van der Waals surface area (Å²) in [4.78, 5) is 35.2. The number of hydrogen-bond donors (Lipinski definition) is 0. The number of benzene rings is 1. The first-order chi connectivity index (χ1) is 16.3. The summed E-state index contributed by atoms with van der Waals surface area (Å²) in [6.07, 6.45) is 5.80. The molecule has 0 saturated carbocycles. The number of likely N-dealkylation sites (tertiary alicyclic amines) is 1. The Labute approximate surface area is 219 Å². The Morgan fingerprint density at radius 3 is 2.54 bits per heavy atom.